The minimum Gasteiger partial charge on any atom is -0.257 e. The van der Waals surface area contributed by atoms with Crippen LogP contribution in [-0.2, 0) is 0 Å². The molecule has 2 aromatic rings. The zero-order chi connectivity index (χ0) is 11.9. The molecule has 2 rings (SSSR count). The van der Waals surface area contributed by atoms with Gasteiger partial charge in [0, 0.05) is 10.7 Å². The Morgan fingerprint density at radius 1 is 0.882 bits per heavy atom. The highest BCUT2D eigenvalue weighted by molar-refractivity contribution is 9.10. The van der Waals surface area contributed by atoms with E-state index in [4.69, 9.17) is 0 Å². The van der Waals surface area contributed by atoms with Gasteiger partial charge in [0.15, 0.2) is 0 Å². The van der Waals surface area contributed by atoms with Gasteiger partial charge >= 0.3 is 0 Å². The third kappa shape index (κ3) is 4.00. The van der Waals surface area contributed by atoms with Crippen LogP contribution in [-0.4, -0.2) is 6.21 Å². The van der Waals surface area contributed by atoms with Crippen molar-refractivity contribution in [3.8, 4) is 0 Å². The van der Waals surface area contributed by atoms with Crippen molar-refractivity contribution < 1.29 is 0 Å². The largest absolute Gasteiger partial charge is 0.257 e. The molecular weight excluding hydrogens is 274 g/mol. The van der Waals surface area contributed by atoms with Crippen LogP contribution < -0.4 is 0 Å². The van der Waals surface area contributed by atoms with Gasteiger partial charge in [-0.25, -0.2) is 0 Å². The van der Waals surface area contributed by atoms with E-state index in [2.05, 4.69) is 33.1 Å². The molecule has 0 N–H and O–H groups in total. The van der Waals surface area contributed by atoms with E-state index in [1.165, 1.54) is 5.56 Å². The highest BCUT2D eigenvalue weighted by Crippen LogP contribution is 2.16. The summed E-state index contributed by atoms with van der Waals surface area (Å²) < 4.78 is 1.07. The van der Waals surface area contributed by atoms with Crippen molar-refractivity contribution in [3.63, 3.8) is 0 Å². The molecule has 0 bridgehead atoms. The molecule has 0 saturated heterocycles. The van der Waals surface area contributed by atoms with E-state index in [-0.39, 0.29) is 0 Å². The Hall–Kier alpha value is -1.67. The van der Waals surface area contributed by atoms with Gasteiger partial charge in [0.25, 0.3) is 0 Å². The standard InChI is InChI=1S/C15H12BrN/c16-14-8-10-15(11-9-14)17-12-4-7-13-5-2-1-3-6-13/h1-12H/b7-4-,17-12?. The normalized spacial score (nSPS) is 11.4. The fraction of sp³-hybridized carbons (Fsp3) is 0. The molecule has 0 spiro atoms. The molecule has 0 saturated carbocycles. The molecule has 2 heteroatoms. The smallest absolute Gasteiger partial charge is 0.0630 e. The van der Waals surface area contributed by atoms with Crippen LogP contribution in [0.3, 0.4) is 0 Å². The van der Waals surface area contributed by atoms with Crippen LogP contribution in [0.15, 0.2) is 70.1 Å². The van der Waals surface area contributed by atoms with E-state index >= 15 is 0 Å². The van der Waals surface area contributed by atoms with Crippen molar-refractivity contribution in [1.29, 1.82) is 0 Å². The Labute approximate surface area is 110 Å². The SMILES string of the molecule is Brc1ccc(N=C/C=C\c2ccccc2)cc1. The second-order valence-electron chi connectivity index (χ2n) is 3.52. The predicted octanol–water partition coefficient (Wildman–Crippen LogP) is 4.86. The van der Waals surface area contributed by atoms with Crippen LogP contribution in [0.5, 0.6) is 0 Å². The first-order valence-corrected chi connectivity index (χ1v) is 6.15. The van der Waals surface area contributed by atoms with Gasteiger partial charge in [-0.15, -0.1) is 0 Å². The number of hydrogen-bond donors (Lipinski definition) is 0. The van der Waals surface area contributed by atoms with Crippen molar-refractivity contribution in [3.05, 3.63) is 70.7 Å². The number of rotatable bonds is 3. The third-order valence-electron chi connectivity index (χ3n) is 2.22. The van der Waals surface area contributed by atoms with Crippen LogP contribution in [0.2, 0.25) is 0 Å². The molecule has 0 atom stereocenters. The quantitative estimate of drug-likeness (QED) is 0.714. The van der Waals surface area contributed by atoms with Gasteiger partial charge in [0.05, 0.1) is 5.69 Å². The molecule has 0 unspecified atom stereocenters. The fourth-order valence-corrected chi connectivity index (χ4v) is 1.64. The summed E-state index contributed by atoms with van der Waals surface area (Å²) in [4.78, 5) is 4.33. The van der Waals surface area contributed by atoms with E-state index in [0.717, 1.165) is 10.2 Å². The van der Waals surface area contributed by atoms with E-state index in [1.54, 1.807) is 6.21 Å². The Morgan fingerprint density at radius 2 is 1.59 bits per heavy atom. The monoisotopic (exact) mass is 285 g/mol. The van der Waals surface area contributed by atoms with Gasteiger partial charge in [0.1, 0.15) is 0 Å². The maximum Gasteiger partial charge on any atom is 0.0630 e. The van der Waals surface area contributed by atoms with Gasteiger partial charge in [-0.2, -0.15) is 0 Å². The zero-order valence-corrected chi connectivity index (χ0v) is 10.8. The van der Waals surface area contributed by atoms with Crippen LogP contribution in [0, 0.1) is 0 Å². The van der Waals surface area contributed by atoms with Crippen LogP contribution in [0.1, 0.15) is 5.56 Å². The molecule has 84 valence electrons. The number of nitrogens with zero attached hydrogens (tertiary/aromatic N) is 1. The van der Waals surface area contributed by atoms with E-state index < -0.39 is 0 Å². The minimum absolute atomic E-state index is 0.950. The molecule has 0 aromatic heterocycles. The first kappa shape index (κ1) is 11.8. The molecule has 0 fully saturated rings. The number of aliphatic imine (C=N–C) groups is 1. The second-order valence-corrected chi connectivity index (χ2v) is 4.44. The average Bonchev–Trinajstić information content (AvgIpc) is 2.38. The molecule has 0 aliphatic rings. The van der Waals surface area contributed by atoms with Crippen molar-refractivity contribution in [2.24, 2.45) is 4.99 Å². The summed E-state index contributed by atoms with van der Waals surface area (Å²) in [5.74, 6) is 0. The second kappa shape index (κ2) is 6.16. The molecular formula is C15H12BrN. The lowest BCUT2D eigenvalue weighted by atomic mass is 10.2. The maximum atomic E-state index is 4.33. The van der Waals surface area contributed by atoms with Gasteiger partial charge in [0.2, 0.25) is 0 Å². The average molecular weight is 286 g/mol. The molecule has 0 aliphatic carbocycles. The lowest BCUT2D eigenvalue weighted by Crippen LogP contribution is -1.70. The molecule has 0 amide bonds. The summed E-state index contributed by atoms with van der Waals surface area (Å²) in [5, 5.41) is 0. The van der Waals surface area contributed by atoms with Crippen molar-refractivity contribution in [1.82, 2.24) is 0 Å². The summed E-state index contributed by atoms with van der Waals surface area (Å²) in [5.41, 5.74) is 2.13. The summed E-state index contributed by atoms with van der Waals surface area (Å²) in [7, 11) is 0. The summed E-state index contributed by atoms with van der Waals surface area (Å²) >= 11 is 3.39. The van der Waals surface area contributed by atoms with Crippen LogP contribution in [0.4, 0.5) is 5.69 Å². The third-order valence-corrected chi connectivity index (χ3v) is 2.75. The number of halogens is 1. The highest BCUT2D eigenvalue weighted by Gasteiger charge is 1.86. The Kier molecular flexibility index (Phi) is 4.28. The summed E-state index contributed by atoms with van der Waals surface area (Å²) in [6.07, 6.45) is 5.77. The van der Waals surface area contributed by atoms with E-state index in [0.29, 0.717) is 0 Å². The molecule has 0 aliphatic heterocycles. The van der Waals surface area contributed by atoms with Crippen molar-refractivity contribution in [2.45, 2.75) is 0 Å². The van der Waals surface area contributed by atoms with E-state index in [9.17, 15) is 0 Å². The predicted molar refractivity (Wildman–Crippen MR) is 77.8 cm³/mol. The fourth-order valence-electron chi connectivity index (χ4n) is 1.37. The van der Waals surface area contributed by atoms with Crippen molar-refractivity contribution >= 4 is 33.9 Å². The highest BCUT2D eigenvalue weighted by atomic mass is 79.9. The molecule has 1 nitrogen and oxygen atoms in total. The van der Waals surface area contributed by atoms with Crippen LogP contribution >= 0.6 is 15.9 Å². The van der Waals surface area contributed by atoms with Gasteiger partial charge in [-0.1, -0.05) is 52.3 Å². The van der Waals surface area contributed by atoms with Gasteiger partial charge in [-0.05, 0) is 35.9 Å². The first-order valence-electron chi connectivity index (χ1n) is 5.36. The lowest BCUT2D eigenvalue weighted by Gasteiger charge is -1.92. The minimum atomic E-state index is 0.950. The first-order chi connectivity index (χ1) is 8.34. The lowest BCUT2D eigenvalue weighted by molar-refractivity contribution is 1.52. The number of hydrogen-bond acceptors (Lipinski definition) is 1. The van der Waals surface area contributed by atoms with E-state index in [1.807, 2.05) is 54.6 Å². The molecule has 0 radical (unpaired) electrons. The number of allylic oxidation sites excluding steroid dienone is 1. The Bertz CT molecular complexity index is 512. The maximum absolute atomic E-state index is 4.33. The van der Waals surface area contributed by atoms with Gasteiger partial charge in [-0.3, -0.25) is 4.99 Å². The zero-order valence-electron chi connectivity index (χ0n) is 9.25. The summed E-state index contributed by atoms with van der Waals surface area (Å²) in [6.45, 7) is 0. The Morgan fingerprint density at radius 3 is 2.29 bits per heavy atom. The van der Waals surface area contributed by atoms with Gasteiger partial charge < -0.3 is 0 Å². The van der Waals surface area contributed by atoms with Crippen LogP contribution in [0.25, 0.3) is 6.08 Å². The topological polar surface area (TPSA) is 12.4 Å². The van der Waals surface area contributed by atoms with Crippen molar-refractivity contribution in [2.75, 3.05) is 0 Å². The number of benzene rings is 2. The molecule has 17 heavy (non-hydrogen) atoms. The Balaban J connectivity index is 1.98. The molecule has 2 aromatic carbocycles. The molecule has 0 heterocycles. The summed E-state index contributed by atoms with van der Waals surface area (Å²) in [6, 6.07) is 18.1.